The van der Waals surface area contributed by atoms with Crippen LogP contribution in [0.2, 0.25) is 0 Å². The molecule has 5 heteroatoms. The van der Waals surface area contributed by atoms with Crippen molar-refractivity contribution in [3.8, 4) is 5.75 Å². The first-order valence-electron chi connectivity index (χ1n) is 7.17. The number of H-pyrrole nitrogens is 1. The molecule has 0 amide bonds. The summed E-state index contributed by atoms with van der Waals surface area (Å²) in [6, 6.07) is 8.06. The average molecular weight is 274 g/mol. The zero-order valence-electron chi connectivity index (χ0n) is 12.1. The monoisotopic (exact) mass is 274 g/mol. The number of para-hydroxylation sites is 1. The molecule has 0 saturated carbocycles. The molecular weight excluding hydrogens is 252 g/mol. The highest BCUT2D eigenvalue weighted by atomic mass is 16.5. The van der Waals surface area contributed by atoms with Crippen LogP contribution in [0.1, 0.15) is 44.1 Å². The Kier molecular flexibility index (Phi) is 5.55. The number of hydrogen-bond acceptors (Lipinski definition) is 4. The SMILES string of the molecule is CCCNC(c1ncn[nH]1)c1ccccc1OCCC. The van der Waals surface area contributed by atoms with Crippen molar-refractivity contribution >= 4 is 0 Å². The molecule has 0 aliphatic heterocycles. The highest BCUT2D eigenvalue weighted by Crippen LogP contribution is 2.28. The molecule has 2 N–H and O–H groups in total. The van der Waals surface area contributed by atoms with Crippen LogP contribution in [0.3, 0.4) is 0 Å². The molecule has 0 radical (unpaired) electrons. The molecule has 0 bridgehead atoms. The lowest BCUT2D eigenvalue weighted by molar-refractivity contribution is 0.311. The Morgan fingerprint density at radius 1 is 1.25 bits per heavy atom. The van der Waals surface area contributed by atoms with E-state index in [-0.39, 0.29) is 6.04 Å². The van der Waals surface area contributed by atoms with Crippen LogP contribution in [0.5, 0.6) is 5.75 Å². The van der Waals surface area contributed by atoms with Gasteiger partial charge < -0.3 is 10.1 Å². The zero-order chi connectivity index (χ0) is 14.2. The number of nitrogens with zero attached hydrogens (tertiary/aromatic N) is 2. The molecule has 1 aromatic carbocycles. The van der Waals surface area contributed by atoms with Crippen molar-refractivity contribution in [1.29, 1.82) is 0 Å². The second-order valence-corrected chi connectivity index (χ2v) is 4.64. The molecule has 0 spiro atoms. The van der Waals surface area contributed by atoms with Gasteiger partial charge in [-0.25, -0.2) is 4.98 Å². The van der Waals surface area contributed by atoms with Crippen LogP contribution in [0, 0.1) is 0 Å². The number of ether oxygens (including phenoxy) is 1. The van der Waals surface area contributed by atoms with Crippen molar-refractivity contribution < 1.29 is 4.74 Å². The molecular formula is C15H22N4O. The quantitative estimate of drug-likeness (QED) is 0.777. The maximum absolute atomic E-state index is 5.84. The molecule has 1 aromatic heterocycles. The Bertz CT molecular complexity index is 498. The standard InChI is InChI=1S/C15H22N4O/c1-3-9-16-14(15-17-11-18-19-15)12-7-5-6-8-13(12)20-10-4-2/h5-8,11,14,16H,3-4,9-10H2,1-2H3,(H,17,18,19). The van der Waals surface area contributed by atoms with Crippen LogP contribution in [-0.2, 0) is 0 Å². The molecule has 1 unspecified atom stereocenters. The van der Waals surface area contributed by atoms with E-state index in [1.165, 1.54) is 6.33 Å². The third-order valence-corrected chi connectivity index (χ3v) is 3.00. The molecule has 2 aromatic rings. The van der Waals surface area contributed by atoms with E-state index in [1.807, 2.05) is 18.2 Å². The normalized spacial score (nSPS) is 12.3. The Morgan fingerprint density at radius 2 is 2.10 bits per heavy atom. The molecule has 1 atom stereocenters. The molecule has 108 valence electrons. The molecule has 1 heterocycles. The van der Waals surface area contributed by atoms with Crippen LogP contribution in [0.15, 0.2) is 30.6 Å². The summed E-state index contributed by atoms with van der Waals surface area (Å²) >= 11 is 0. The molecule has 0 saturated heterocycles. The summed E-state index contributed by atoms with van der Waals surface area (Å²) in [5.74, 6) is 1.71. The van der Waals surface area contributed by atoms with Gasteiger partial charge in [0.15, 0.2) is 0 Å². The smallest absolute Gasteiger partial charge is 0.146 e. The lowest BCUT2D eigenvalue weighted by atomic mass is 10.0. The topological polar surface area (TPSA) is 62.8 Å². The Labute approximate surface area is 119 Å². The summed E-state index contributed by atoms with van der Waals surface area (Å²) in [4.78, 5) is 4.28. The Balaban J connectivity index is 2.28. The van der Waals surface area contributed by atoms with E-state index in [0.717, 1.165) is 36.5 Å². The molecule has 2 rings (SSSR count). The van der Waals surface area contributed by atoms with Crippen molar-refractivity contribution in [2.75, 3.05) is 13.2 Å². The van der Waals surface area contributed by atoms with Crippen molar-refractivity contribution in [3.05, 3.63) is 42.0 Å². The summed E-state index contributed by atoms with van der Waals surface area (Å²) in [6.45, 7) is 5.87. The predicted molar refractivity (Wildman–Crippen MR) is 78.7 cm³/mol. The second-order valence-electron chi connectivity index (χ2n) is 4.64. The first-order chi connectivity index (χ1) is 9.86. The van der Waals surface area contributed by atoms with Crippen molar-refractivity contribution in [2.24, 2.45) is 0 Å². The van der Waals surface area contributed by atoms with Crippen LogP contribution >= 0.6 is 0 Å². The van der Waals surface area contributed by atoms with Gasteiger partial charge in [-0.2, -0.15) is 5.10 Å². The van der Waals surface area contributed by atoms with Gasteiger partial charge in [0.25, 0.3) is 0 Å². The van der Waals surface area contributed by atoms with E-state index in [2.05, 4.69) is 40.4 Å². The lowest BCUT2D eigenvalue weighted by Crippen LogP contribution is -2.25. The summed E-state index contributed by atoms with van der Waals surface area (Å²) in [6.07, 6.45) is 3.58. The van der Waals surface area contributed by atoms with Crippen molar-refractivity contribution in [2.45, 2.75) is 32.7 Å². The predicted octanol–water partition coefficient (Wildman–Crippen LogP) is 2.68. The van der Waals surface area contributed by atoms with E-state index in [0.29, 0.717) is 6.61 Å². The number of aromatic nitrogens is 3. The summed E-state index contributed by atoms with van der Waals surface area (Å²) in [5.41, 5.74) is 1.09. The van der Waals surface area contributed by atoms with Gasteiger partial charge in [0.2, 0.25) is 0 Å². The second kappa shape index (κ2) is 7.65. The number of benzene rings is 1. The van der Waals surface area contributed by atoms with Gasteiger partial charge in [-0.3, -0.25) is 5.10 Å². The van der Waals surface area contributed by atoms with Crippen LogP contribution in [0.25, 0.3) is 0 Å². The van der Waals surface area contributed by atoms with Gasteiger partial charge in [-0.15, -0.1) is 0 Å². The van der Waals surface area contributed by atoms with Crippen LogP contribution in [0.4, 0.5) is 0 Å². The first kappa shape index (κ1) is 14.5. The van der Waals surface area contributed by atoms with Gasteiger partial charge >= 0.3 is 0 Å². The molecule has 0 fully saturated rings. The minimum Gasteiger partial charge on any atom is -0.493 e. The molecule has 0 aliphatic carbocycles. The van der Waals surface area contributed by atoms with E-state index >= 15 is 0 Å². The number of nitrogens with one attached hydrogen (secondary N) is 2. The third kappa shape index (κ3) is 3.57. The zero-order valence-corrected chi connectivity index (χ0v) is 12.1. The van der Waals surface area contributed by atoms with Gasteiger partial charge in [-0.05, 0) is 25.5 Å². The summed E-state index contributed by atoms with van der Waals surface area (Å²) in [7, 11) is 0. The van der Waals surface area contributed by atoms with Crippen LogP contribution < -0.4 is 10.1 Å². The van der Waals surface area contributed by atoms with E-state index < -0.39 is 0 Å². The number of rotatable bonds is 8. The maximum atomic E-state index is 5.84. The molecule has 5 nitrogen and oxygen atoms in total. The highest BCUT2D eigenvalue weighted by Gasteiger charge is 2.19. The lowest BCUT2D eigenvalue weighted by Gasteiger charge is -2.19. The minimum atomic E-state index is -0.0227. The van der Waals surface area contributed by atoms with Crippen LogP contribution in [-0.4, -0.2) is 28.3 Å². The third-order valence-electron chi connectivity index (χ3n) is 3.00. The Hall–Kier alpha value is -1.88. The maximum Gasteiger partial charge on any atom is 0.146 e. The first-order valence-corrected chi connectivity index (χ1v) is 7.17. The fourth-order valence-corrected chi connectivity index (χ4v) is 2.06. The van der Waals surface area contributed by atoms with Gasteiger partial charge in [0.1, 0.15) is 17.9 Å². The van der Waals surface area contributed by atoms with Crippen molar-refractivity contribution in [1.82, 2.24) is 20.5 Å². The molecule has 0 aliphatic rings. The highest BCUT2D eigenvalue weighted by molar-refractivity contribution is 5.38. The summed E-state index contributed by atoms with van der Waals surface area (Å²) < 4.78 is 5.84. The minimum absolute atomic E-state index is 0.0227. The van der Waals surface area contributed by atoms with Crippen molar-refractivity contribution in [3.63, 3.8) is 0 Å². The van der Waals surface area contributed by atoms with Gasteiger partial charge in [0, 0.05) is 5.56 Å². The Morgan fingerprint density at radius 3 is 2.80 bits per heavy atom. The van der Waals surface area contributed by atoms with E-state index in [1.54, 1.807) is 0 Å². The number of hydrogen-bond donors (Lipinski definition) is 2. The average Bonchev–Trinajstić information content (AvgIpc) is 3.01. The number of aromatic amines is 1. The fraction of sp³-hybridized carbons (Fsp3) is 0.467. The summed E-state index contributed by atoms with van der Waals surface area (Å²) in [5, 5.41) is 10.4. The van der Waals surface area contributed by atoms with E-state index in [4.69, 9.17) is 4.74 Å². The fourth-order valence-electron chi connectivity index (χ4n) is 2.06. The molecule has 20 heavy (non-hydrogen) atoms. The van der Waals surface area contributed by atoms with Gasteiger partial charge in [-0.1, -0.05) is 32.0 Å². The largest absolute Gasteiger partial charge is 0.493 e. The van der Waals surface area contributed by atoms with Gasteiger partial charge in [0.05, 0.1) is 12.6 Å². The van der Waals surface area contributed by atoms with E-state index in [9.17, 15) is 0 Å².